The topological polar surface area (TPSA) is 45.0 Å². The van der Waals surface area contributed by atoms with Gasteiger partial charge < -0.3 is 10.1 Å². The number of anilines is 1. The van der Waals surface area contributed by atoms with E-state index in [0.29, 0.717) is 12.2 Å². The first-order valence-electron chi connectivity index (χ1n) is 6.37. The van der Waals surface area contributed by atoms with Crippen LogP contribution in [0, 0.1) is 18.3 Å². The van der Waals surface area contributed by atoms with Gasteiger partial charge in [0.2, 0.25) is 0 Å². The highest BCUT2D eigenvalue weighted by Gasteiger charge is 2.22. The molecule has 0 saturated heterocycles. The molecule has 1 aliphatic heterocycles. The Hall–Kier alpha value is -1.99. The molecule has 1 N–H and O–H groups in total. The van der Waals surface area contributed by atoms with Crippen molar-refractivity contribution < 1.29 is 4.74 Å². The van der Waals surface area contributed by atoms with Gasteiger partial charge in [-0.2, -0.15) is 5.26 Å². The zero-order valence-corrected chi connectivity index (χ0v) is 12.6. The van der Waals surface area contributed by atoms with E-state index in [1.165, 1.54) is 11.1 Å². The van der Waals surface area contributed by atoms with E-state index in [0.717, 1.165) is 15.9 Å². The largest absolute Gasteiger partial charge is 0.489 e. The van der Waals surface area contributed by atoms with Crippen molar-refractivity contribution in [1.82, 2.24) is 0 Å². The highest BCUT2D eigenvalue weighted by molar-refractivity contribution is 9.10. The summed E-state index contributed by atoms with van der Waals surface area (Å²) in [5.41, 5.74) is 3.92. The van der Waals surface area contributed by atoms with Crippen LogP contribution in [-0.2, 0) is 0 Å². The molecule has 3 nitrogen and oxygen atoms in total. The van der Waals surface area contributed by atoms with Crippen molar-refractivity contribution in [1.29, 1.82) is 5.26 Å². The number of aryl methyl sites for hydroxylation is 1. The maximum atomic E-state index is 8.98. The average molecular weight is 329 g/mol. The summed E-state index contributed by atoms with van der Waals surface area (Å²) in [5, 5.41) is 12.4. The summed E-state index contributed by atoms with van der Waals surface area (Å²) >= 11 is 3.51. The Bertz CT molecular complexity index is 706. The molecular formula is C16H13BrN2O. The van der Waals surface area contributed by atoms with Crippen LogP contribution in [0.3, 0.4) is 0 Å². The highest BCUT2D eigenvalue weighted by Crippen LogP contribution is 2.35. The molecular weight excluding hydrogens is 316 g/mol. The van der Waals surface area contributed by atoms with Crippen LogP contribution >= 0.6 is 15.9 Å². The van der Waals surface area contributed by atoms with Crippen molar-refractivity contribution in [2.45, 2.75) is 13.0 Å². The lowest BCUT2D eigenvalue weighted by molar-refractivity contribution is 0.286. The van der Waals surface area contributed by atoms with Crippen LogP contribution in [0.25, 0.3) is 0 Å². The summed E-state index contributed by atoms with van der Waals surface area (Å²) in [6.45, 7) is 2.67. The third kappa shape index (κ3) is 2.37. The summed E-state index contributed by atoms with van der Waals surface area (Å²) in [4.78, 5) is 0. The van der Waals surface area contributed by atoms with Gasteiger partial charge in [0.25, 0.3) is 0 Å². The number of rotatable bonds is 1. The van der Waals surface area contributed by atoms with Gasteiger partial charge in [-0.05, 0) is 48.4 Å². The fraction of sp³-hybridized carbons (Fsp3) is 0.188. The van der Waals surface area contributed by atoms with Crippen molar-refractivity contribution in [2.75, 3.05) is 11.9 Å². The van der Waals surface area contributed by atoms with Crippen LogP contribution in [0.1, 0.15) is 22.7 Å². The fourth-order valence-electron chi connectivity index (χ4n) is 2.39. The first kappa shape index (κ1) is 13.0. The van der Waals surface area contributed by atoms with E-state index in [-0.39, 0.29) is 6.04 Å². The number of nitrogens with zero attached hydrogens (tertiary/aromatic N) is 1. The minimum Gasteiger partial charge on any atom is -0.489 e. The van der Waals surface area contributed by atoms with Gasteiger partial charge in [-0.3, -0.25) is 0 Å². The lowest BCUT2D eigenvalue weighted by Gasteiger charge is -2.29. The molecule has 2 aromatic rings. The van der Waals surface area contributed by atoms with Gasteiger partial charge in [0.1, 0.15) is 12.4 Å². The molecule has 3 rings (SSSR count). The van der Waals surface area contributed by atoms with Crippen LogP contribution in [0.15, 0.2) is 40.9 Å². The van der Waals surface area contributed by atoms with Gasteiger partial charge in [-0.25, -0.2) is 0 Å². The molecule has 1 unspecified atom stereocenters. The van der Waals surface area contributed by atoms with E-state index in [1.807, 2.05) is 18.2 Å². The molecule has 100 valence electrons. The number of hydrogen-bond donors (Lipinski definition) is 1. The SMILES string of the molecule is Cc1ccc(Br)cc1C1COc2ccc(C#N)cc2N1. The predicted molar refractivity (Wildman–Crippen MR) is 81.9 cm³/mol. The molecule has 0 amide bonds. The number of nitriles is 1. The molecule has 2 aromatic carbocycles. The molecule has 0 saturated carbocycles. The Balaban J connectivity index is 1.95. The Labute approximate surface area is 126 Å². The Kier molecular flexibility index (Phi) is 3.37. The molecule has 0 bridgehead atoms. The zero-order chi connectivity index (χ0) is 14.1. The van der Waals surface area contributed by atoms with Crippen molar-refractivity contribution in [3.8, 4) is 11.8 Å². The van der Waals surface area contributed by atoms with Gasteiger partial charge in [-0.1, -0.05) is 22.0 Å². The van der Waals surface area contributed by atoms with Crippen LogP contribution in [0.4, 0.5) is 5.69 Å². The Morgan fingerprint density at radius 3 is 2.95 bits per heavy atom. The van der Waals surface area contributed by atoms with E-state index in [1.54, 1.807) is 6.07 Å². The van der Waals surface area contributed by atoms with Crippen molar-refractivity contribution in [3.05, 3.63) is 57.6 Å². The highest BCUT2D eigenvalue weighted by atomic mass is 79.9. The van der Waals surface area contributed by atoms with Gasteiger partial charge in [0.15, 0.2) is 0 Å². The molecule has 1 aliphatic rings. The molecule has 0 fully saturated rings. The lowest BCUT2D eigenvalue weighted by Crippen LogP contribution is -2.24. The number of halogens is 1. The van der Waals surface area contributed by atoms with Crippen LogP contribution in [0.2, 0.25) is 0 Å². The smallest absolute Gasteiger partial charge is 0.142 e. The van der Waals surface area contributed by atoms with Gasteiger partial charge in [-0.15, -0.1) is 0 Å². The molecule has 1 atom stereocenters. The maximum absolute atomic E-state index is 8.98. The van der Waals surface area contributed by atoms with E-state index in [4.69, 9.17) is 10.00 Å². The lowest BCUT2D eigenvalue weighted by atomic mass is 10.0. The fourth-order valence-corrected chi connectivity index (χ4v) is 2.77. The standard InChI is InChI=1S/C16H13BrN2O/c1-10-2-4-12(17)7-13(10)15-9-20-16-5-3-11(8-18)6-14(16)19-15/h2-7,15,19H,9H2,1H3. The number of nitrogens with one attached hydrogen (secondary N) is 1. The second-order valence-corrected chi connectivity index (χ2v) is 5.75. The summed E-state index contributed by atoms with van der Waals surface area (Å²) in [6.07, 6.45) is 0. The molecule has 0 radical (unpaired) electrons. The first-order chi connectivity index (χ1) is 9.67. The molecule has 0 aromatic heterocycles. The molecule has 20 heavy (non-hydrogen) atoms. The minimum absolute atomic E-state index is 0.0916. The quantitative estimate of drug-likeness (QED) is 0.854. The summed E-state index contributed by atoms with van der Waals surface area (Å²) in [6, 6.07) is 13.9. The van der Waals surface area contributed by atoms with Crippen molar-refractivity contribution >= 4 is 21.6 Å². The molecule has 0 spiro atoms. The normalized spacial score (nSPS) is 16.6. The number of fused-ring (bicyclic) bond motifs is 1. The number of hydrogen-bond acceptors (Lipinski definition) is 3. The predicted octanol–water partition coefficient (Wildman–Crippen LogP) is 4.17. The summed E-state index contributed by atoms with van der Waals surface area (Å²) in [7, 11) is 0. The van der Waals surface area contributed by atoms with Gasteiger partial charge in [0, 0.05) is 4.47 Å². The molecule has 0 aliphatic carbocycles. The van der Waals surface area contributed by atoms with Crippen LogP contribution in [-0.4, -0.2) is 6.61 Å². The van der Waals surface area contributed by atoms with Crippen LogP contribution < -0.4 is 10.1 Å². The Morgan fingerprint density at radius 1 is 1.30 bits per heavy atom. The van der Waals surface area contributed by atoms with Gasteiger partial charge in [0.05, 0.1) is 23.4 Å². The second kappa shape index (κ2) is 5.18. The van der Waals surface area contributed by atoms with Gasteiger partial charge >= 0.3 is 0 Å². The van der Waals surface area contributed by atoms with E-state index in [9.17, 15) is 0 Å². The third-order valence-electron chi connectivity index (χ3n) is 3.46. The number of benzene rings is 2. The number of ether oxygens (including phenoxy) is 1. The zero-order valence-electron chi connectivity index (χ0n) is 11.0. The third-order valence-corrected chi connectivity index (χ3v) is 3.95. The summed E-state index contributed by atoms with van der Waals surface area (Å²) in [5.74, 6) is 0.799. The first-order valence-corrected chi connectivity index (χ1v) is 7.16. The van der Waals surface area contributed by atoms with E-state index in [2.05, 4.69) is 46.4 Å². The Morgan fingerprint density at radius 2 is 2.15 bits per heavy atom. The van der Waals surface area contributed by atoms with E-state index < -0.39 is 0 Å². The minimum atomic E-state index is 0.0916. The maximum Gasteiger partial charge on any atom is 0.142 e. The second-order valence-electron chi connectivity index (χ2n) is 4.83. The van der Waals surface area contributed by atoms with Crippen molar-refractivity contribution in [2.24, 2.45) is 0 Å². The van der Waals surface area contributed by atoms with Crippen molar-refractivity contribution in [3.63, 3.8) is 0 Å². The van der Waals surface area contributed by atoms with E-state index >= 15 is 0 Å². The molecule has 1 heterocycles. The van der Waals surface area contributed by atoms with Crippen LogP contribution in [0.5, 0.6) is 5.75 Å². The average Bonchev–Trinajstić information content (AvgIpc) is 2.48. The summed E-state index contributed by atoms with van der Waals surface area (Å²) < 4.78 is 6.85. The molecule has 4 heteroatoms. The monoisotopic (exact) mass is 328 g/mol.